The highest BCUT2D eigenvalue weighted by atomic mass is 16.4. The van der Waals surface area contributed by atoms with Gasteiger partial charge in [-0.15, -0.1) is 0 Å². The van der Waals surface area contributed by atoms with Crippen molar-refractivity contribution < 1.29 is 39.6 Å². The molecule has 0 aliphatic heterocycles. The maximum Gasteiger partial charge on any atom is 0.317 e. The number of nitrogens with zero attached hydrogens (tertiary/aromatic N) is 3. The van der Waals surface area contributed by atoms with Gasteiger partial charge in [-0.3, -0.25) is 29.0 Å². The van der Waals surface area contributed by atoms with Crippen LogP contribution in [0.3, 0.4) is 0 Å². The van der Waals surface area contributed by atoms with Crippen LogP contribution in [0.1, 0.15) is 11.1 Å². The fourth-order valence-electron chi connectivity index (χ4n) is 3.84. The van der Waals surface area contributed by atoms with Crippen LogP contribution in [-0.4, -0.2) is 85.3 Å². The first-order valence-corrected chi connectivity index (χ1v) is 10.2. The Balaban J connectivity index is 2.05. The molecule has 0 atom stereocenters. The molecule has 0 spiro atoms. The maximum absolute atomic E-state index is 11.2. The summed E-state index contributed by atoms with van der Waals surface area (Å²) < 4.78 is 0. The molecule has 4 N–H and O–H groups in total. The summed E-state index contributed by atoms with van der Waals surface area (Å²) in [5, 5.41) is 38.1. The number of carboxylic acid groups (broad SMARTS) is 4. The van der Waals surface area contributed by atoms with E-state index in [9.17, 15) is 19.2 Å². The zero-order valence-corrected chi connectivity index (χ0v) is 18.0. The third-order valence-corrected chi connectivity index (χ3v) is 5.06. The van der Waals surface area contributed by atoms with E-state index in [0.29, 0.717) is 22.2 Å². The van der Waals surface area contributed by atoms with E-state index in [1.54, 1.807) is 24.3 Å². The molecule has 0 unspecified atom stereocenters. The van der Waals surface area contributed by atoms with Crippen molar-refractivity contribution in [2.75, 3.05) is 26.2 Å². The molecule has 0 fully saturated rings. The molecule has 0 aliphatic carbocycles. The SMILES string of the molecule is O=C(O)CN(CC(=O)O)Cc1cccc2cc3cccc(CN(CC(=O)O)CC(=O)O)c3nc12. The van der Waals surface area contributed by atoms with Crippen molar-refractivity contribution in [2.45, 2.75) is 13.1 Å². The third-order valence-electron chi connectivity index (χ3n) is 5.06. The largest absolute Gasteiger partial charge is 0.480 e. The van der Waals surface area contributed by atoms with Crippen LogP contribution in [0, 0.1) is 0 Å². The number of pyridine rings is 1. The average Bonchev–Trinajstić information content (AvgIpc) is 2.71. The maximum atomic E-state index is 11.2. The number of carbonyl (C=O) groups is 4. The van der Waals surface area contributed by atoms with Gasteiger partial charge in [0.1, 0.15) is 0 Å². The highest BCUT2D eigenvalue weighted by Crippen LogP contribution is 2.26. The molecule has 1 aromatic heterocycles. The van der Waals surface area contributed by atoms with Crippen LogP contribution in [-0.2, 0) is 32.3 Å². The van der Waals surface area contributed by atoms with Crippen molar-refractivity contribution in [2.24, 2.45) is 0 Å². The number of benzene rings is 2. The van der Waals surface area contributed by atoms with Gasteiger partial charge in [0.15, 0.2) is 0 Å². The zero-order chi connectivity index (χ0) is 24.8. The van der Waals surface area contributed by atoms with Crippen molar-refractivity contribution in [1.82, 2.24) is 14.8 Å². The minimum atomic E-state index is -1.15. The summed E-state index contributed by atoms with van der Waals surface area (Å²) in [6.45, 7) is -1.75. The number of hydrogen-bond donors (Lipinski definition) is 4. The summed E-state index contributed by atoms with van der Waals surface area (Å²) in [7, 11) is 0. The Labute approximate surface area is 193 Å². The molecule has 0 radical (unpaired) electrons. The highest BCUT2D eigenvalue weighted by Gasteiger charge is 2.18. The number of aliphatic carboxylic acids is 4. The van der Waals surface area contributed by atoms with Crippen LogP contribution < -0.4 is 0 Å². The lowest BCUT2D eigenvalue weighted by Gasteiger charge is -2.20. The monoisotopic (exact) mass is 469 g/mol. The van der Waals surface area contributed by atoms with E-state index in [1.807, 2.05) is 18.2 Å². The zero-order valence-electron chi connectivity index (χ0n) is 18.0. The summed E-state index contributed by atoms with van der Waals surface area (Å²) in [6.07, 6.45) is 0. The number of para-hydroxylation sites is 2. The number of carboxylic acids is 4. The second kappa shape index (κ2) is 10.7. The van der Waals surface area contributed by atoms with E-state index in [-0.39, 0.29) is 13.1 Å². The number of aromatic nitrogens is 1. The van der Waals surface area contributed by atoms with Gasteiger partial charge in [0.25, 0.3) is 0 Å². The van der Waals surface area contributed by atoms with Crippen LogP contribution in [0.15, 0.2) is 42.5 Å². The first-order chi connectivity index (χ1) is 16.1. The molecule has 0 saturated carbocycles. The molecular formula is C23H23N3O8. The molecule has 0 aliphatic rings. The van der Waals surface area contributed by atoms with E-state index in [4.69, 9.17) is 25.4 Å². The lowest BCUT2D eigenvalue weighted by molar-refractivity contribution is -0.144. The second-order valence-corrected chi connectivity index (χ2v) is 7.83. The normalized spacial score (nSPS) is 11.4. The van der Waals surface area contributed by atoms with E-state index in [1.165, 1.54) is 9.80 Å². The number of fused-ring (bicyclic) bond motifs is 2. The predicted octanol–water partition coefficient (Wildman–Crippen LogP) is 1.33. The van der Waals surface area contributed by atoms with Crippen molar-refractivity contribution in [3.63, 3.8) is 0 Å². The Hall–Kier alpha value is -4.09. The Morgan fingerprint density at radius 3 is 1.29 bits per heavy atom. The predicted molar refractivity (Wildman–Crippen MR) is 120 cm³/mol. The van der Waals surface area contributed by atoms with E-state index in [2.05, 4.69) is 0 Å². The highest BCUT2D eigenvalue weighted by molar-refractivity contribution is 5.95. The molecule has 3 aromatic rings. The van der Waals surface area contributed by atoms with E-state index >= 15 is 0 Å². The van der Waals surface area contributed by atoms with Gasteiger partial charge in [0.05, 0.1) is 37.2 Å². The molecule has 2 aromatic carbocycles. The summed E-state index contributed by atoms with van der Waals surface area (Å²) in [4.78, 5) is 52.0. The minimum Gasteiger partial charge on any atom is -0.480 e. The van der Waals surface area contributed by atoms with Crippen LogP contribution in [0.25, 0.3) is 21.8 Å². The number of rotatable bonds is 12. The van der Waals surface area contributed by atoms with Gasteiger partial charge in [-0.25, -0.2) is 4.98 Å². The van der Waals surface area contributed by atoms with Gasteiger partial charge < -0.3 is 20.4 Å². The molecule has 0 saturated heterocycles. The fraction of sp³-hybridized carbons (Fsp3) is 0.261. The van der Waals surface area contributed by atoms with Gasteiger partial charge >= 0.3 is 23.9 Å². The van der Waals surface area contributed by atoms with Gasteiger partial charge in [-0.2, -0.15) is 0 Å². The van der Waals surface area contributed by atoms with Crippen LogP contribution in [0.2, 0.25) is 0 Å². The van der Waals surface area contributed by atoms with Crippen molar-refractivity contribution >= 4 is 45.7 Å². The first-order valence-electron chi connectivity index (χ1n) is 10.2. The molecule has 0 bridgehead atoms. The quantitative estimate of drug-likeness (QED) is 0.282. The second-order valence-electron chi connectivity index (χ2n) is 7.83. The minimum absolute atomic E-state index is 0.0424. The average molecular weight is 469 g/mol. The first kappa shape index (κ1) is 24.6. The molecule has 0 amide bonds. The molecule has 3 rings (SSSR count). The Morgan fingerprint density at radius 1 is 0.618 bits per heavy atom. The van der Waals surface area contributed by atoms with E-state index < -0.39 is 50.1 Å². The summed E-state index contributed by atoms with van der Waals surface area (Å²) in [5.74, 6) is -4.61. The smallest absolute Gasteiger partial charge is 0.317 e. The van der Waals surface area contributed by atoms with Gasteiger partial charge in [0, 0.05) is 23.9 Å². The molecule has 1 heterocycles. The van der Waals surface area contributed by atoms with Gasteiger partial charge in [-0.05, 0) is 17.2 Å². The summed E-state index contributed by atoms with van der Waals surface area (Å²) >= 11 is 0. The van der Waals surface area contributed by atoms with Gasteiger partial charge in [-0.1, -0.05) is 36.4 Å². The molecule has 178 valence electrons. The summed E-state index contributed by atoms with van der Waals surface area (Å²) in [6, 6.07) is 12.6. The van der Waals surface area contributed by atoms with Gasteiger partial charge in [0.2, 0.25) is 0 Å². The van der Waals surface area contributed by atoms with E-state index in [0.717, 1.165) is 10.8 Å². The van der Waals surface area contributed by atoms with Crippen molar-refractivity contribution in [3.8, 4) is 0 Å². The molecule has 11 heteroatoms. The fourth-order valence-corrected chi connectivity index (χ4v) is 3.84. The molecule has 11 nitrogen and oxygen atoms in total. The van der Waals surface area contributed by atoms with Crippen LogP contribution in [0.4, 0.5) is 0 Å². The molecule has 34 heavy (non-hydrogen) atoms. The topological polar surface area (TPSA) is 169 Å². The third kappa shape index (κ3) is 6.47. The lowest BCUT2D eigenvalue weighted by atomic mass is 10.0. The van der Waals surface area contributed by atoms with Crippen molar-refractivity contribution in [3.05, 3.63) is 53.6 Å². The molecular weight excluding hydrogens is 446 g/mol. The van der Waals surface area contributed by atoms with Crippen LogP contribution >= 0.6 is 0 Å². The van der Waals surface area contributed by atoms with Crippen LogP contribution in [0.5, 0.6) is 0 Å². The number of hydrogen-bond acceptors (Lipinski definition) is 7. The van der Waals surface area contributed by atoms with Crippen molar-refractivity contribution in [1.29, 1.82) is 0 Å². The summed E-state index contributed by atoms with van der Waals surface area (Å²) in [5.41, 5.74) is 2.35. The Bertz CT molecular complexity index is 1130. The lowest BCUT2D eigenvalue weighted by Crippen LogP contribution is -2.34. The standard InChI is InChI=1S/C23H23N3O8/c27-18(28)10-25(11-19(29)30)8-16-5-1-3-14-7-15-4-2-6-17(23(15)24-22(14)16)9-26(12-20(31)32)13-21(33)34/h1-7H,8-13H2,(H,27,28)(H,29,30)(H,31,32)(H,33,34). The Kier molecular flexibility index (Phi) is 7.71. The Morgan fingerprint density at radius 2 is 0.971 bits per heavy atom.